The van der Waals surface area contributed by atoms with E-state index >= 15 is 0 Å². The number of hydrogen-bond acceptors (Lipinski definition) is 4. The van der Waals surface area contributed by atoms with Crippen LogP contribution in [0.2, 0.25) is 0 Å². The van der Waals surface area contributed by atoms with Gasteiger partial charge in [0, 0.05) is 23.6 Å². The molecule has 1 aromatic heterocycles. The summed E-state index contributed by atoms with van der Waals surface area (Å²) in [6.45, 7) is 14.2. The van der Waals surface area contributed by atoms with E-state index in [1.54, 1.807) is 0 Å². The van der Waals surface area contributed by atoms with Crippen LogP contribution in [0.15, 0.2) is 16.5 Å². The fraction of sp³-hybridized carbons (Fsp3) is 0.750. The van der Waals surface area contributed by atoms with Gasteiger partial charge in [-0.25, -0.2) is 0 Å². The lowest BCUT2D eigenvalue weighted by atomic mass is 10.2. The van der Waals surface area contributed by atoms with E-state index in [9.17, 15) is 0 Å². The maximum atomic E-state index is 5.93. The molecular formula is C16H28N2OS. The molecule has 0 bridgehead atoms. The molecule has 1 aromatic rings. The van der Waals surface area contributed by atoms with Gasteiger partial charge in [0.25, 0.3) is 0 Å². The number of hydrogen-bond donors (Lipinski definition) is 1. The molecule has 0 amide bonds. The van der Waals surface area contributed by atoms with Crippen molar-refractivity contribution in [3.05, 3.63) is 23.7 Å². The average molecular weight is 296 g/mol. The van der Waals surface area contributed by atoms with Crippen molar-refractivity contribution in [3.63, 3.8) is 0 Å². The molecule has 3 nitrogen and oxygen atoms in total. The minimum atomic E-state index is 0.679. The normalized spacial score (nSPS) is 24.4. The molecule has 20 heavy (non-hydrogen) atoms. The van der Waals surface area contributed by atoms with Gasteiger partial charge in [-0.2, -0.15) is 11.8 Å². The van der Waals surface area contributed by atoms with Crippen LogP contribution in [0.4, 0.5) is 0 Å². The van der Waals surface area contributed by atoms with E-state index < -0.39 is 0 Å². The summed E-state index contributed by atoms with van der Waals surface area (Å²) >= 11 is 2.09. The van der Waals surface area contributed by atoms with Crippen molar-refractivity contribution in [1.29, 1.82) is 0 Å². The molecule has 1 saturated heterocycles. The van der Waals surface area contributed by atoms with Crippen LogP contribution in [-0.4, -0.2) is 35.0 Å². The van der Waals surface area contributed by atoms with Gasteiger partial charge in [-0.05, 0) is 24.6 Å². The SMILES string of the molecule is CC(C)CNCc1ccc(CN2CC(C)SC(C)C2)o1. The number of nitrogens with one attached hydrogen (secondary N) is 1. The Balaban J connectivity index is 1.80. The zero-order valence-corrected chi connectivity index (χ0v) is 14.0. The summed E-state index contributed by atoms with van der Waals surface area (Å²) in [5.74, 6) is 2.82. The summed E-state index contributed by atoms with van der Waals surface area (Å²) < 4.78 is 5.93. The zero-order valence-electron chi connectivity index (χ0n) is 13.2. The first-order valence-electron chi connectivity index (χ1n) is 7.69. The van der Waals surface area contributed by atoms with Crippen molar-refractivity contribution in [3.8, 4) is 0 Å². The number of nitrogens with zero attached hydrogens (tertiary/aromatic N) is 1. The second kappa shape index (κ2) is 7.53. The van der Waals surface area contributed by atoms with Crippen LogP contribution in [0.3, 0.4) is 0 Å². The Morgan fingerprint density at radius 2 is 1.90 bits per heavy atom. The quantitative estimate of drug-likeness (QED) is 0.871. The molecule has 2 heterocycles. The lowest BCUT2D eigenvalue weighted by molar-refractivity contribution is 0.238. The van der Waals surface area contributed by atoms with Crippen molar-refractivity contribution in [2.75, 3.05) is 19.6 Å². The van der Waals surface area contributed by atoms with Crippen molar-refractivity contribution in [2.24, 2.45) is 5.92 Å². The predicted octanol–water partition coefficient (Wildman–Crippen LogP) is 3.35. The highest BCUT2D eigenvalue weighted by Gasteiger charge is 2.22. The molecule has 1 N–H and O–H groups in total. The molecule has 4 heteroatoms. The topological polar surface area (TPSA) is 28.4 Å². The number of thioether (sulfide) groups is 1. The minimum absolute atomic E-state index is 0.679. The maximum absolute atomic E-state index is 5.93. The van der Waals surface area contributed by atoms with E-state index in [1.807, 2.05) is 0 Å². The summed E-state index contributed by atoms with van der Waals surface area (Å²) in [4.78, 5) is 2.51. The Morgan fingerprint density at radius 1 is 1.25 bits per heavy atom. The minimum Gasteiger partial charge on any atom is -0.463 e. The molecule has 1 aliphatic heterocycles. The molecule has 0 spiro atoms. The third-order valence-corrected chi connectivity index (χ3v) is 4.67. The van der Waals surface area contributed by atoms with Crippen molar-refractivity contribution >= 4 is 11.8 Å². The molecule has 0 saturated carbocycles. The monoisotopic (exact) mass is 296 g/mol. The van der Waals surface area contributed by atoms with Gasteiger partial charge in [-0.3, -0.25) is 4.90 Å². The molecule has 2 atom stereocenters. The first-order chi connectivity index (χ1) is 9.52. The van der Waals surface area contributed by atoms with Gasteiger partial charge in [0.2, 0.25) is 0 Å². The molecule has 0 aliphatic carbocycles. The second-order valence-electron chi connectivity index (χ2n) is 6.34. The van der Waals surface area contributed by atoms with Gasteiger partial charge < -0.3 is 9.73 Å². The molecule has 2 rings (SSSR count). The number of furan rings is 1. The smallest absolute Gasteiger partial charge is 0.118 e. The van der Waals surface area contributed by atoms with E-state index in [0.29, 0.717) is 5.92 Å². The molecule has 1 fully saturated rings. The molecule has 0 radical (unpaired) electrons. The third-order valence-electron chi connectivity index (χ3n) is 3.44. The Labute approximate surface area is 127 Å². The van der Waals surface area contributed by atoms with Crippen LogP contribution in [0, 0.1) is 5.92 Å². The van der Waals surface area contributed by atoms with E-state index in [1.165, 1.54) is 0 Å². The predicted molar refractivity (Wildman–Crippen MR) is 87.0 cm³/mol. The van der Waals surface area contributed by atoms with E-state index in [2.05, 4.69) is 61.8 Å². The average Bonchev–Trinajstić information content (AvgIpc) is 2.74. The molecule has 114 valence electrons. The van der Waals surface area contributed by atoms with Gasteiger partial charge in [-0.15, -0.1) is 0 Å². The Bertz CT molecular complexity index is 395. The first kappa shape index (κ1) is 15.9. The second-order valence-corrected chi connectivity index (χ2v) is 8.23. The lowest BCUT2D eigenvalue weighted by Gasteiger charge is -2.33. The third kappa shape index (κ3) is 5.15. The Kier molecular flexibility index (Phi) is 6.00. The van der Waals surface area contributed by atoms with Gasteiger partial charge >= 0.3 is 0 Å². The lowest BCUT2D eigenvalue weighted by Crippen LogP contribution is -2.39. The van der Waals surface area contributed by atoms with Gasteiger partial charge in [0.15, 0.2) is 0 Å². The fourth-order valence-electron chi connectivity index (χ4n) is 2.72. The summed E-state index contributed by atoms with van der Waals surface area (Å²) in [5.41, 5.74) is 0. The van der Waals surface area contributed by atoms with E-state index in [4.69, 9.17) is 4.42 Å². The van der Waals surface area contributed by atoms with Crippen LogP contribution in [0.5, 0.6) is 0 Å². The van der Waals surface area contributed by atoms with Gasteiger partial charge in [-0.1, -0.05) is 27.7 Å². The standard InChI is InChI=1S/C16H28N2OS/c1-12(2)7-17-8-15-5-6-16(19-15)11-18-9-13(3)20-14(4)10-18/h5-6,12-14,17H,7-11H2,1-4H3. The summed E-state index contributed by atoms with van der Waals surface area (Å²) in [6.07, 6.45) is 0. The van der Waals surface area contributed by atoms with Crippen molar-refractivity contribution in [2.45, 2.75) is 51.3 Å². The van der Waals surface area contributed by atoms with Crippen molar-refractivity contribution < 1.29 is 4.42 Å². The first-order valence-corrected chi connectivity index (χ1v) is 8.63. The van der Waals surface area contributed by atoms with Gasteiger partial charge in [0.05, 0.1) is 13.1 Å². The maximum Gasteiger partial charge on any atom is 0.118 e. The van der Waals surface area contributed by atoms with Crippen LogP contribution < -0.4 is 5.32 Å². The summed E-state index contributed by atoms with van der Waals surface area (Å²) in [6, 6.07) is 4.23. The van der Waals surface area contributed by atoms with Crippen LogP contribution in [0.25, 0.3) is 0 Å². The summed E-state index contributed by atoms with van der Waals surface area (Å²) in [7, 11) is 0. The van der Waals surface area contributed by atoms with Crippen molar-refractivity contribution in [1.82, 2.24) is 10.2 Å². The molecule has 0 aromatic carbocycles. The van der Waals surface area contributed by atoms with Gasteiger partial charge in [0.1, 0.15) is 11.5 Å². The highest BCUT2D eigenvalue weighted by molar-refractivity contribution is 8.00. The molecule has 2 unspecified atom stereocenters. The highest BCUT2D eigenvalue weighted by Crippen LogP contribution is 2.26. The molecular weight excluding hydrogens is 268 g/mol. The van der Waals surface area contributed by atoms with E-state index in [-0.39, 0.29) is 0 Å². The highest BCUT2D eigenvalue weighted by atomic mass is 32.2. The van der Waals surface area contributed by atoms with Crippen LogP contribution in [0.1, 0.15) is 39.2 Å². The molecule has 1 aliphatic rings. The summed E-state index contributed by atoms with van der Waals surface area (Å²) in [5, 5.41) is 4.87. The van der Waals surface area contributed by atoms with E-state index in [0.717, 1.165) is 54.7 Å². The number of rotatable bonds is 6. The largest absolute Gasteiger partial charge is 0.463 e. The van der Waals surface area contributed by atoms with Crippen LogP contribution in [-0.2, 0) is 13.1 Å². The Hall–Kier alpha value is -0.450. The Morgan fingerprint density at radius 3 is 2.55 bits per heavy atom. The fourth-order valence-corrected chi connectivity index (χ4v) is 4.11. The zero-order chi connectivity index (χ0) is 14.5. The van der Waals surface area contributed by atoms with Crippen LogP contribution >= 0.6 is 11.8 Å².